The van der Waals surface area contributed by atoms with Gasteiger partial charge in [0.2, 0.25) is 10.0 Å². The third kappa shape index (κ3) is 3.78. The molecule has 3 rings (SSSR count). The van der Waals surface area contributed by atoms with Crippen LogP contribution in [0, 0.1) is 11.3 Å². The molecule has 0 aromatic carbocycles. The van der Waals surface area contributed by atoms with Gasteiger partial charge >= 0.3 is 0 Å². The number of hydrogen-bond donors (Lipinski definition) is 1. The zero-order chi connectivity index (χ0) is 14.9. The van der Waals surface area contributed by atoms with E-state index in [9.17, 15) is 8.42 Å². The summed E-state index contributed by atoms with van der Waals surface area (Å²) in [6, 6.07) is -0.0490. The maximum Gasteiger partial charge on any atom is 0.209 e. The largest absolute Gasteiger partial charge is 0.380 e. The number of piperidine rings is 1. The zero-order valence-electron chi connectivity index (χ0n) is 13.0. The Bertz CT molecular complexity index is 454. The Labute approximate surface area is 128 Å². The highest BCUT2D eigenvalue weighted by atomic mass is 32.2. The minimum Gasteiger partial charge on any atom is -0.380 e. The maximum atomic E-state index is 11.6. The molecule has 1 atom stereocenters. The molecule has 122 valence electrons. The number of nitrogens with zero attached hydrogens (tertiary/aromatic N) is 1. The molecule has 2 saturated heterocycles. The van der Waals surface area contributed by atoms with E-state index in [1.807, 2.05) is 0 Å². The lowest BCUT2D eigenvalue weighted by Gasteiger charge is -2.49. The van der Waals surface area contributed by atoms with Gasteiger partial charge in [0.1, 0.15) is 0 Å². The van der Waals surface area contributed by atoms with E-state index >= 15 is 0 Å². The van der Waals surface area contributed by atoms with E-state index in [0.717, 1.165) is 44.9 Å². The molecule has 1 spiro atoms. The second-order valence-corrected chi connectivity index (χ2v) is 9.01. The minimum absolute atomic E-state index is 0.0490. The molecule has 3 aliphatic rings. The third-order valence-corrected chi connectivity index (χ3v) is 6.43. The summed E-state index contributed by atoms with van der Waals surface area (Å²) in [5, 5.41) is 0. The number of ether oxygens (including phenoxy) is 1. The Balaban J connectivity index is 1.59. The highest BCUT2D eigenvalue weighted by Crippen LogP contribution is 2.41. The van der Waals surface area contributed by atoms with Gasteiger partial charge in [-0.25, -0.2) is 13.1 Å². The van der Waals surface area contributed by atoms with Crippen LogP contribution in [0.3, 0.4) is 0 Å². The van der Waals surface area contributed by atoms with Crippen LogP contribution in [0.1, 0.15) is 38.5 Å². The van der Waals surface area contributed by atoms with Crippen molar-refractivity contribution in [2.24, 2.45) is 11.3 Å². The molecule has 0 radical (unpaired) electrons. The number of hydrogen-bond acceptors (Lipinski definition) is 4. The minimum atomic E-state index is -3.17. The Morgan fingerprint density at radius 2 is 1.95 bits per heavy atom. The van der Waals surface area contributed by atoms with E-state index in [4.69, 9.17) is 4.74 Å². The molecule has 5 nitrogen and oxygen atoms in total. The molecule has 6 heteroatoms. The smallest absolute Gasteiger partial charge is 0.209 e. The van der Waals surface area contributed by atoms with Crippen molar-refractivity contribution in [3.63, 3.8) is 0 Å². The first-order valence-electron chi connectivity index (χ1n) is 8.24. The second-order valence-electron chi connectivity index (χ2n) is 7.23. The van der Waals surface area contributed by atoms with Gasteiger partial charge < -0.3 is 9.64 Å². The molecule has 1 N–H and O–H groups in total. The predicted octanol–water partition coefficient (Wildman–Crippen LogP) is 1.21. The molecule has 1 unspecified atom stereocenters. The quantitative estimate of drug-likeness (QED) is 0.847. The first-order chi connectivity index (χ1) is 9.97. The summed E-state index contributed by atoms with van der Waals surface area (Å²) in [4.78, 5) is 2.59. The van der Waals surface area contributed by atoms with Crippen LogP contribution in [0.15, 0.2) is 0 Å². The first kappa shape index (κ1) is 15.7. The van der Waals surface area contributed by atoms with Crippen LogP contribution in [0.2, 0.25) is 0 Å². The average Bonchev–Trinajstić information content (AvgIpc) is 2.37. The maximum absolute atomic E-state index is 11.6. The molecule has 3 fully saturated rings. The topological polar surface area (TPSA) is 58.6 Å². The fourth-order valence-electron chi connectivity index (χ4n) is 4.06. The second kappa shape index (κ2) is 6.14. The van der Waals surface area contributed by atoms with Gasteiger partial charge in [-0.05, 0) is 56.5 Å². The monoisotopic (exact) mass is 316 g/mol. The molecule has 2 aliphatic heterocycles. The van der Waals surface area contributed by atoms with E-state index in [0.29, 0.717) is 6.61 Å². The van der Waals surface area contributed by atoms with Crippen molar-refractivity contribution in [2.45, 2.75) is 44.6 Å². The highest BCUT2D eigenvalue weighted by Gasteiger charge is 2.44. The summed E-state index contributed by atoms with van der Waals surface area (Å²) in [6.45, 7) is 4.76. The van der Waals surface area contributed by atoms with Gasteiger partial charge in [0, 0.05) is 13.2 Å². The summed E-state index contributed by atoms with van der Waals surface area (Å²) >= 11 is 0. The molecule has 1 aliphatic carbocycles. The summed E-state index contributed by atoms with van der Waals surface area (Å²) in [5.41, 5.74) is 0.109. The van der Waals surface area contributed by atoms with Gasteiger partial charge in [0.15, 0.2) is 0 Å². The molecule has 0 aromatic rings. The van der Waals surface area contributed by atoms with E-state index in [1.165, 1.54) is 32.1 Å². The van der Waals surface area contributed by atoms with Crippen LogP contribution in [-0.4, -0.2) is 58.5 Å². The van der Waals surface area contributed by atoms with Crippen molar-refractivity contribution in [3.05, 3.63) is 0 Å². The Hall–Kier alpha value is -0.170. The number of rotatable bonds is 4. The van der Waals surface area contributed by atoms with E-state index < -0.39 is 10.0 Å². The van der Waals surface area contributed by atoms with Gasteiger partial charge in [-0.1, -0.05) is 6.42 Å². The van der Waals surface area contributed by atoms with Gasteiger partial charge in [-0.15, -0.1) is 0 Å². The standard InChI is InChI=1S/C15H28N2O3S/c1-21(18,19)16-14-12-20-10-7-15(14)5-8-17(9-6-15)11-13-3-2-4-13/h13-14,16H,2-12H2,1H3. The molecule has 2 heterocycles. The van der Waals surface area contributed by atoms with Crippen molar-refractivity contribution in [2.75, 3.05) is 39.1 Å². The van der Waals surface area contributed by atoms with Crippen molar-refractivity contribution in [1.29, 1.82) is 0 Å². The summed E-state index contributed by atoms with van der Waals surface area (Å²) in [5.74, 6) is 0.915. The summed E-state index contributed by atoms with van der Waals surface area (Å²) in [6.07, 6.45) is 8.62. The summed E-state index contributed by atoms with van der Waals surface area (Å²) in [7, 11) is -3.17. The van der Waals surface area contributed by atoms with Crippen LogP contribution in [0.25, 0.3) is 0 Å². The average molecular weight is 316 g/mol. The van der Waals surface area contributed by atoms with Gasteiger partial charge in [0.25, 0.3) is 0 Å². The molecular formula is C15H28N2O3S. The molecule has 1 saturated carbocycles. The van der Waals surface area contributed by atoms with Crippen molar-refractivity contribution in [1.82, 2.24) is 9.62 Å². The summed E-state index contributed by atoms with van der Waals surface area (Å²) < 4.78 is 31.6. The highest BCUT2D eigenvalue weighted by molar-refractivity contribution is 7.88. The van der Waals surface area contributed by atoms with Gasteiger partial charge in [-0.2, -0.15) is 0 Å². The van der Waals surface area contributed by atoms with Crippen molar-refractivity contribution < 1.29 is 13.2 Å². The van der Waals surface area contributed by atoms with Crippen LogP contribution in [-0.2, 0) is 14.8 Å². The lowest BCUT2D eigenvalue weighted by atomic mass is 9.69. The SMILES string of the molecule is CS(=O)(=O)NC1COCCC12CCN(CC1CCC1)CC2. The predicted molar refractivity (Wildman–Crippen MR) is 82.7 cm³/mol. The fourth-order valence-corrected chi connectivity index (χ4v) is 4.90. The third-order valence-electron chi connectivity index (χ3n) is 5.72. The molecular weight excluding hydrogens is 288 g/mol. The van der Waals surface area contributed by atoms with Crippen LogP contribution >= 0.6 is 0 Å². The van der Waals surface area contributed by atoms with Crippen LogP contribution < -0.4 is 4.72 Å². The van der Waals surface area contributed by atoms with E-state index in [1.54, 1.807) is 0 Å². The van der Waals surface area contributed by atoms with E-state index in [2.05, 4.69) is 9.62 Å². The van der Waals surface area contributed by atoms with Gasteiger partial charge in [-0.3, -0.25) is 0 Å². The molecule has 0 amide bonds. The van der Waals surface area contributed by atoms with E-state index in [-0.39, 0.29) is 11.5 Å². The van der Waals surface area contributed by atoms with Gasteiger partial charge in [0.05, 0.1) is 18.9 Å². The first-order valence-corrected chi connectivity index (χ1v) is 10.1. The lowest BCUT2D eigenvalue weighted by Crippen LogP contribution is -2.57. The van der Waals surface area contributed by atoms with Crippen LogP contribution in [0.5, 0.6) is 0 Å². The lowest BCUT2D eigenvalue weighted by molar-refractivity contribution is -0.0463. The number of likely N-dealkylation sites (tertiary alicyclic amines) is 1. The normalized spacial score (nSPS) is 31.2. The molecule has 0 aromatic heterocycles. The zero-order valence-corrected chi connectivity index (χ0v) is 13.8. The Morgan fingerprint density at radius 1 is 1.24 bits per heavy atom. The Morgan fingerprint density at radius 3 is 2.52 bits per heavy atom. The Kier molecular flexibility index (Phi) is 4.60. The van der Waals surface area contributed by atoms with Crippen molar-refractivity contribution >= 4 is 10.0 Å². The molecule has 21 heavy (non-hydrogen) atoms. The number of sulfonamides is 1. The number of nitrogens with one attached hydrogen (secondary N) is 1. The fraction of sp³-hybridized carbons (Fsp3) is 1.00. The molecule has 0 bridgehead atoms. The van der Waals surface area contributed by atoms with Crippen molar-refractivity contribution in [3.8, 4) is 0 Å². The van der Waals surface area contributed by atoms with Crippen LogP contribution in [0.4, 0.5) is 0 Å².